The highest BCUT2D eigenvalue weighted by Crippen LogP contribution is 2.12. The van der Waals surface area contributed by atoms with Crippen molar-refractivity contribution in [2.45, 2.75) is 0 Å². The minimum absolute atomic E-state index is 0.0698. The summed E-state index contributed by atoms with van der Waals surface area (Å²) in [5.74, 6) is -0.982. The molecule has 1 heterocycles. The summed E-state index contributed by atoms with van der Waals surface area (Å²) in [4.78, 5) is 15.5. The summed E-state index contributed by atoms with van der Waals surface area (Å²) >= 11 is 0. The zero-order chi connectivity index (χ0) is 12.3. The number of nitrogen functional groups attached to an aromatic ring is 1. The zero-order valence-electron chi connectivity index (χ0n) is 8.59. The third kappa shape index (κ3) is 2.51. The first kappa shape index (κ1) is 10.9. The van der Waals surface area contributed by atoms with E-state index in [4.69, 9.17) is 5.73 Å². The average molecular weight is 233 g/mol. The Hall–Kier alpha value is -2.57. The Bertz CT molecular complexity index is 546. The van der Waals surface area contributed by atoms with Gasteiger partial charge in [0.05, 0.1) is 18.1 Å². The first-order valence-electron chi connectivity index (χ1n) is 4.67. The standard InChI is InChI=1S/C10H8FN5O/c11-7-2-1-6(5-8(7)12)9(17)15-10-13-3-4-14-16-10/h1-5H,12H2,(H,13,15,16,17). The van der Waals surface area contributed by atoms with Crippen molar-refractivity contribution in [2.24, 2.45) is 0 Å². The van der Waals surface area contributed by atoms with Crippen LogP contribution in [0.2, 0.25) is 0 Å². The molecular formula is C10H8FN5O. The molecule has 1 aromatic carbocycles. The van der Waals surface area contributed by atoms with Crippen molar-refractivity contribution in [2.75, 3.05) is 11.1 Å². The molecule has 0 radical (unpaired) electrons. The zero-order valence-corrected chi connectivity index (χ0v) is 8.59. The number of aromatic nitrogens is 3. The van der Waals surface area contributed by atoms with Gasteiger partial charge in [0.2, 0.25) is 5.95 Å². The van der Waals surface area contributed by atoms with Crippen molar-refractivity contribution < 1.29 is 9.18 Å². The minimum Gasteiger partial charge on any atom is -0.396 e. The van der Waals surface area contributed by atoms with Crippen molar-refractivity contribution >= 4 is 17.5 Å². The van der Waals surface area contributed by atoms with Gasteiger partial charge in [-0.1, -0.05) is 0 Å². The first-order chi connectivity index (χ1) is 8.16. The number of nitrogens with one attached hydrogen (secondary N) is 1. The van der Waals surface area contributed by atoms with Crippen LogP contribution in [0.5, 0.6) is 0 Å². The number of benzene rings is 1. The molecule has 17 heavy (non-hydrogen) atoms. The number of carbonyl (C=O) groups excluding carboxylic acids is 1. The maximum atomic E-state index is 12.9. The molecule has 1 aromatic heterocycles. The van der Waals surface area contributed by atoms with Crippen LogP contribution in [0.25, 0.3) is 0 Å². The summed E-state index contributed by atoms with van der Waals surface area (Å²) < 4.78 is 12.9. The highest BCUT2D eigenvalue weighted by molar-refractivity contribution is 6.03. The number of halogens is 1. The van der Waals surface area contributed by atoms with Gasteiger partial charge in [-0.25, -0.2) is 9.37 Å². The van der Waals surface area contributed by atoms with Crippen LogP contribution in [0, 0.1) is 5.82 Å². The molecule has 0 fully saturated rings. The monoisotopic (exact) mass is 233 g/mol. The van der Waals surface area contributed by atoms with Crippen LogP contribution < -0.4 is 11.1 Å². The molecule has 3 N–H and O–H groups in total. The second kappa shape index (κ2) is 4.52. The maximum absolute atomic E-state index is 12.9. The van der Waals surface area contributed by atoms with E-state index in [2.05, 4.69) is 20.5 Å². The van der Waals surface area contributed by atoms with Gasteiger partial charge in [-0.05, 0) is 18.2 Å². The second-order valence-electron chi connectivity index (χ2n) is 3.16. The average Bonchev–Trinajstić information content (AvgIpc) is 2.34. The number of hydrogen-bond acceptors (Lipinski definition) is 5. The van der Waals surface area contributed by atoms with E-state index in [-0.39, 0.29) is 17.2 Å². The van der Waals surface area contributed by atoms with Gasteiger partial charge >= 0.3 is 0 Å². The van der Waals surface area contributed by atoms with Gasteiger partial charge in [0.15, 0.2) is 0 Å². The Morgan fingerprint density at radius 1 is 1.35 bits per heavy atom. The molecule has 0 saturated carbocycles. The van der Waals surface area contributed by atoms with Crippen molar-refractivity contribution in [1.29, 1.82) is 0 Å². The summed E-state index contributed by atoms with van der Waals surface area (Å²) in [6, 6.07) is 3.67. The van der Waals surface area contributed by atoms with Gasteiger partial charge in [0.25, 0.3) is 5.91 Å². The van der Waals surface area contributed by atoms with Gasteiger partial charge in [0.1, 0.15) is 5.82 Å². The summed E-state index contributed by atoms with van der Waals surface area (Å²) in [5.41, 5.74) is 5.48. The van der Waals surface area contributed by atoms with E-state index in [1.165, 1.54) is 24.5 Å². The van der Waals surface area contributed by atoms with E-state index in [9.17, 15) is 9.18 Å². The van der Waals surface area contributed by atoms with Gasteiger partial charge in [-0.2, -0.15) is 5.10 Å². The molecule has 0 aliphatic heterocycles. The summed E-state index contributed by atoms with van der Waals surface area (Å²) in [6.45, 7) is 0. The molecule has 0 saturated heterocycles. The van der Waals surface area contributed by atoms with Gasteiger partial charge < -0.3 is 5.73 Å². The highest BCUT2D eigenvalue weighted by atomic mass is 19.1. The lowest BCUT2D eigenvalue weighted by molar-refractivity contribution is 0.102. The third-order valence-electron chi connectivity index (χ3n) is 1.97. The van der Waals surface area contributed by atoms with Crippen LogP contribution in [0.15, 0.2) is 30.6 Å². The lowest BCUT2D eigenvalue weighted by Gasteiger charge is -2.03. The second-order valence-corrected chi connectivity index (χ2v) is 3.16. The molecule has 2 rings (SSSR count). The summed E-state index contributed by atoms with van der Waals surface area (Å²) in [6.07, 6.45) is 2.77. The van der Waals surface area contributed by atoms with E-state index in [1.54, 1.807) is 0 Å². The minimum atomic E-state index is -0.570. The molecule has 0 spiro atoms. The Labute approximate surface area is 95.7 Å². The van der Waals surface area contributed by atoms with Crippen molar-refractivity contribution in [3.63, 3.8) is 0 Å². The van der Waals surface area contributed by atoms with Gasteiger partial charge in [-0.15, -0.1) is 5.10 Å². The van der Waals surface area contributed by atoms with Crippen LogP contribution in [-0.2, 0) is 0 Å². The van der Waals surface area contributed by atoms with Crippen LogP contribution in [0.1, 0.15) is 10.4 Å². The number of amides is 1. The molecule has 2 aromatic rings. The molecule has 7 heteroatoms. The quantitative estimate of drug-likeness (QED) is 0.750. The molecule has 6 nitrogen and oxygen atoms in total. The smallest absolute Gasteiger partial charge is 0.258 e. The Morgan fingerprint density at radius 3 is 2.82 bits per heavy atom. The molecule has 0 bridgehead atoms. The van der Waals surface area contributed by atoms with E-state index in [0.717, 1.165) is 6.07 Å². The highest BCUT2D eigenvalue weighted by Gasteiger charge is 2.09. The van der Waals surface area contributed by atoms with E-state index in [0.29, 0.717) is 0 Å². The van der Waals surface area contributed by atoms with E-state index >= 15 is 0 Å². The first-order valence-corrected chi connectivity index (χ1v) is 4.67. The SMILES string of the molecule is Nc1cc(C(=O)Nc2nccnn2)ccc1F. The molecule has 0 atom stereocenters. The lowest BCUT2D eigenvalue weighted by Crippen LogP contribution is -2.14. The van der Waals surface area contributed by atoms with Crippen LogP contribution >= 0.6 is 0 Å². The Morgan fingerprint density at radius 2 is 2.18 bits per heavy atom. The predicted octanol–water partition coefficient (Wildman–Crippen LogP) is 0.845. The Kier molecular flexibility index (Phi) is 2.91. The molecule has 1 amide bonds. The number of rotatable bonds is 2. The van der Waals surface area contributed by atoms with E-state index in [1.807, 2.05) is 0 Å². The summed E-state index contributed by atoms with van der Waals surface area (Å²) in [7, 11) is 0. The van der Waals surface area contributed by atoms with Gasteiger partial charge in [0, 0.05) is 5.56 Å². The maximum Gasteiger partial charge on any atom is 0.258 e. The van der Waals surface area contributed by atoms with Crippen molar-refractivity contribution in [3.8, 4) is 0 Å². The molecule has 0 unspecified atom stereocenters. The van der Waals surface area contributed by atoms with Gasteiger partial charge in [-0.3, -0.25) is 10.1 Å². The number of hydrogen-bond donors (Lipinski definition) is 2. The third-order valence-corrected chi connectivity index (χ3v) is 1.97. The topological polar surface area (TPSA) is 93.8 Å². The summed E-state index contributed by atoms with van der Waals surface area (Å²) in [5, 5.41) is 9.54. The van der Waals surface area contributed by atoms with Crippen LogP contribution in [0.3, 0.4) is 0 Å². The molecule has 86 valence electrons. The van der Waals surface area contributed by atoms with Crippen LogP contribution in [0.4, 0.5) is 16.0 Å². The Balaban J connectivity index is 2.18. The largest absolute Gasteiger partial charge is 0.396 e. The fourth-order valence-electron chi connectivity index (χ4n) is 1.16. The number of anilines is 2. The predicted molar refractivity (Wildman–Crippen MR) is 58.6 cm³/mol. The normalized spacial score (nSPS) is 9.94. The fourth-order valence-corrected chi connectivity index (χ4v) is 1.16. The molecule has 0 aliphatic rings. The molecular weight excluding hydrogens is 225 g/mol. The number of nitrogens with two attached hydrogens (primary N) is 1. The number of carbonyl (C=O) groups is 1. The van der Waals surface area contributed by atoms with Crippen LogP contribution in [-0.4, -0.2) is 21.1 Å². The van der Waals surface area contributed by atoms with E-state index < -0.39 is 11.7 Å². The van der Waals surface area contributed by atoms with Crippen molar-refractivity contribution in [1.82, 2.24) is 15.2 Å². The van der Waals surface area contributed by atoms with Crippen molar-refractivity contribution in [3.05, 3.63) is 42.0 Å². The number of nitrogens with zero attached hydrogens (tertiary/aromatic N) is 3. The lowest BCUT2D eigenvalue weighted by atomic mass is 10.2. The fraction of sp³-hybridized carbons (Fsp3) is 0. The molecule has 0 aliphatic carbocycles.